The van der Waals surface area contributed by atoms with Gasteiger partial charge in [0.15, 0.2) is 0 Å². The number of aromatic carboxylic acids is 1. The largest absolute Gasteiger partial charge is 0.573 e. The van der Waals surface area contributed by atoms with Crippen LogP contribution in [0.1, 0.15) is 10.4 Å². The summed E-state index contributed by atoms with van der Waals surface area (Å²) in [6, 6.07) is 3.63. The number of carboxylic acid groups (broad SMARTS) is 1. The quantitative estimate of drug-likeness (QED) is 0.848. The molecule has 1 aromatic rings. The fourth-order valence-electron chi connectivity index (χ4n) is 0.922. The summed E-state index contributed by atoms with van der Waals surface area (Å²) in [7, 11) is 0. The molecule has 0 unspecified atom stereocenters. The maximum Gasteiger partial charge on any atom is 0.573 e. The molecule has 0 spiro atoms. The summed E-state index contributed by atoms with van der Waals surface area (Å²) >= 11 is 1.62. The summed E-state index contributed by atoms with van der Waals surface area (Å²) < 4.78 is 39.5. The minimum atomic E-state index is -4.89. The Hall–Kier alpha value is -0.990. The molecular formula is C8H4F3IO3. The lowest BCUT2D eigenvalue weighted by Crippen LogP contribution is -2.19. The lowest BCUT2D eigenvalue weighted by molar-refractivity contribution is -0.274. The molecule has 82 valence electrons. The van der Waals surface area contributed by atoms with Crippen LogP contribution in [0.3, 0.4) is 0 Å². The molecule has 0 saturated heterocycles. The van der Waals surface area contributed by atoms with E-state index in [0.717, 1.165) is 6.07 Å². The van der Waals surface area contributed by atoms with Crippen molar-refractivity contribution in [3.05, 3.63) is 27.3 Å². The Morgan fingerprint density at radius 2 is 2.00 bits per heavy atom. The highest BCUT2D eigenvalue weighted by molar-refractivity contribution is 14.1. The Bertz CT molecular complexity index is 389. The highest BCUT2D eigenvalue weighted by Gasteiger charge is 2.33. The lowest BCUT2D eigenvalue weighted by Gasteiger charge is -2.11. The maximum atomic E-state index is 11.9. The van der Waals surface area contributed by atoms with Crippen molar-refractivity contribution in [3.63, 3.8) is 0 Å². The SMILES string of the molecule is O=C(O)c1c(I)cccc1OC(F)(F)F. The predicted octanol–water partition coefficient (Wildman–Crippen LogP) is 2.89. The molecule has 1 rings (SSSR count). The average Bonchev–Trinajstić information content (AvgIpc) is 1.99. The lowest BCUT2D eigenvalue weighted by atomic mass is 10.2. The second-order valence-corrected chi connectivity index (χ2v) is 3.63. The van der Waals surface area contributed by atoms with Crippen LogP contribution in [0.5, 0.6) is 5.75 Å². The molecule has 0 atom stereocenters. The summed E-state index contributed by atoms with van der Waals surface area (Å²) in [5, 5.41) is 8.69. The van der Waals surface area contributed by atoms with Gasteiger partial charge in [-0.05, 0) is 34.7 Å². The number of alkyl halides is 3. The minimum absolute atomic E-state index is 0.182. The van der Waals surface area contributed by atoms with E-state index in [1.165, 1.54) is 12.1 Å². The van der Waals surface area contributed by atoms with Gasteiger partial charge in [0.05, 0.1) is 0 Å². The first-order valence-corrected chi connectivity index (χ1v) is 4.66. The van der Waals surface area contributed by atoms with Crippen LogP contribution >= 0.6 is 22.6 Å². The average molecular weight is 332 g/mol. The first kappa shape index (κ1) is 12.1. The van der Waals surface area contributed by atoms with Crippen molar-refractivity contribution in [2.45, 2.75) is 6.36 Å². The number of benzene rings is 1. The third kappa shape index (κ3) is 3.26. The summed E-state index contributed by atoms with van der Waals surface area (Å²) in [4.78, 5) is 10.7. The molecule has 1 aromatic carbocycles. The Kier molecular flexibility index (Phi) is 3.42. The normalized spacial score (nSPS) is 11.2. The zero-order chi connectivity index (χ0) is 11.6. The monoisotopic (exact) mass is 332 g/mol. The summed E-state index contributed by atoms with van der Waals surface area (Å²) in [6.45, 7) is 0. The van der Waals surface area contributed by atoms with Gasteiger partial charge in [-0.25, -0.2) is 4.79 Å². The second kappa shape index (κ2) is 4.25. The van der Waals surface area contributed by atoms with Crippen LogP contribution < -0.4 is 4.74 Å². The predicted molar refractivity (Wildman–Crippen MR) is 52.8 cm³/mol. The van der Waals surface area contributed by atoms with Crippen molar-refractivity contribution in [1.29, 1.82) is 0 Å². The molecule has 0 saturated carbocycles. The number of rotatable bonds is 2. The van der Waals surface area contributed by atoms with Crippen molar-refractivity contribution in [2.75, 3.05) is 0 Å². The van der Waals surface area contributed by atoms with Gasteiger partial charge in [-0.2, -0.15) is 0 Å². The van der Waals surface area contributed by atoms with Gasteiger partial charge in [0, 0.05) is 3.57 Å². The van der Waals surface area contributed by atoms with E-state index in [1.54, 1.807) is 22.6 Å². The van der Waals surface area contributed by atoms with E-state index >= 15 is 0 Å². The van der Waals surface area contributed by atoms with Crippen molar-refractivity contribution >= 4 is 28.6 Å². The molecule has 1 N–H and O–H groups in total. The topological polar surface area (TPSA) is 46.5 Å². The van der Waals surface area contributed by atoms with Gasteiger partial charge in [-0.15, -0.1) is 13.2 Å². The number of ether oxygens (including phenoxy) is 1. The van der Waals surface area contributed by atoms with Gasteiger partial charge in [-0.1, -0.05) is 6.07 Å². The molecule has 0 aliphatic rings. The molecule has 7 heteroatoms. The van der Waals surface area contributed by atoms with Crippen molar-refractivity contribution in [1.82, 2.24) is 0 Å². The van der Waals surface area contributed by atoms with E-state index < -0.39 is 23.6 Å². The Balaban J connectivity index is 3.18. The zero-order valence-corrected chi connectivity index (χ0v) is 9.17. The van der Waals surface area contributed by atoms with Gasteiger partial charge in [-0.3, -0.25) is 0 Å². The Morgan fingerprint density at radius 1 is 1.40 bits per heavy atom. The molecule has 0 amide bonds. The maximum absolute atomic E-state index is 11.9. The molecule has 0 bridgehead atoms. The van der Waals surface area contributed by atoms with Crippen LogP contribution in [0.2, 0.25) is 0 Å². The van der Waals surface area contributed by atoms with Gasteiger partial charge in [0.1, 0.15) is 11.3 Å². The molecule has 0 aliphatic carbocycles. The van der Waals surface area contributed by atoms with Gasteiger partial charge >= 0.3 is 12.3 Å². The molecule has 15 heavy (non-hydrogen) atoms. The van der Waals surface area contributed by atoms with Crippen LogP contribution in [-0.2, 0) is 0 Å². The number of halogens is 4. The third-order valence-electron chi connectivity index (χ3n) is 1.41. The molecule has 0 radical (unpaired) electrons. The van der Waals surface area contributed by atoms with Gasteiger partial charge in [0.25, 0.3) is 0 Å². The van der Waals surface area contributed by atoms with Crippen LogP contribution in [0.25, 0.3) is 0 Å². The number of carboxylic acids is 1. The van der Waals surface area contributed by atoms with Gasteiger partial charge in [0.2, 0.25) is 0 Å². The van der Waals surface area contributed by atoms with Gasteiger partial charge < -0.3 is 9.84 Å². The smallest absolute Gasteiger partial charge is 0.478 e. The van der Waals surface area contributed by atoms with E-state index in [-0.39, 0.29) is 3.57 Å². The van der Waals surface area contributed by atoms with Crippen LogP contribution in [0.15, 0.2) is 18.2 Å². The molecule has 0 aliphatic heterocycles. The van der Waals surface area contributed by atoms with Crippen molar-refractivity contribution in [2.24, 2.45) is 0 Å². The van der Waals surface area contributed by atoms with Crippen molar-refractivity contribution < 1.29 is 27.8 Å². The Labute approximate surface area is 96.0 Å². The highest BCUT2D eigenvalue weighted by Crippen LogP contribution is 2.29. The van der Waals surface area contributed by atoms with E-state index in [4.69, 9.17) is 5.11 Å². The number of hydrogen-bond donors (Lipinski definition) is 1. The molecular weight excluding hydrogens is 328 g/mol. The standard InChI is InChI=1S/C8H4F3IO3/c9-8(10,11)15-5-3-1-2-4(12)6(5)7(13)14/h1-3H,(H,13,14). The van der Waals surface area contributed by atoms with E-state index in [2.05, 4.69) is 4.74 Å². The summed E-state index contributed by atoms with van der Waals surface area (Å²) in [5.41, 5.74) is -0.490. The highest BCUT2D eigenvalue weighted by atomic mass is 127. The number of hydrogen-bond acceptors (Lipinski definition) is 2. The van der Waals surface area contributed by atoms with E-state index in [9.17, 15) is 18.0 Å². The number of carbonyl (C=O) groups is 1. The summed E-state index contributed by atoms with van der Waals surface area (Å²) in [6.07, 6.45) is -4.89. The van der Waals surface area contributed by atoms with Crippen molar-refractivity contribution in [3.8, 4) is 5.75 Å². The molecule has 3 nitrogen and oxygen atoms in total. The van der Waals surface area contributed by atoms with Crippen LogP contribution in [0.4, 0.5) is 13.2 Å². The molecule has 0 heterocycles. The zero-order valence-electron chi connectivity index (χ0n) is 7.01. The second-order valence-electron chi connectivity index (χ2n) is 2.47. The Morgan fingerprint density at radius 3 is 2.47 bits per heavy atom. The fraction of sp³-hybridized carbons (Fsp3) is 0.125. The fourth-order valence-corrected chi connectivity index (χ4v) is 1.63. The summed E-state index contributed by atoms with van der Waals surface area (Å²) in [5.74, 6) is -2.17. The first-order valence-electron chi connectivity index (χ1n) is 3.59. The molecule has 0 fully saturated rings. The third-order valence-corrected chi connectivity index (χ3v) is 2.31. The van der Waals surface area contributed by atoms with E-state index in [0.29, 0.717) is 0 Å². The van der Waals surface area contributed by atoms with Crippen LogP contribution in [-0.4, -0.2) is 17.4 Å². The molecule has 0 aromatic heterocycles. The minimum Gasteiger partial charge on any atom is -0.478 e. The van der Waals surface area contributed by atoms with Crippen LogP contribution in [0, 0.1) is 3.57 Å². The first-order chi connectivity index (χ1) is 6.81. The van der Waals surface area contributed by atoms with E-state index in [1.807, 2.05) is 0 Å².